The van der Waals surface area contributed by atoms with Crippen LogP contribution in [-0.2, 0) is 12.4 Å². The van der Waals surface area contributed by atoms with Crippen molar-refractivity contribution in [1.82, 2.24) is 0 Å². The molecular weight excluding hydrogens is 506 g/mol. The second kappa shape index (κ2) is 10.9. The van der Waals surface area contributed by atoms with Gasteiger partial charge in [-0.15, -0.1) is 0 Å². The highest BCUT2D eigenvalue weighted by Crippen LogP contribution is 2.33. The van der Waals surface area contributed by atoms with Gasteiger partial charge in [0.25, 0.3) is 0 Å². The largest absolute Gasteiger partial charge is 0.416 e. The lowest BCUT2D eigenvalue weighted by atomic mass is 10.1. The zero-order valence-electron chi connectivity index (χ0n) is 18.9. The molecule has 0 nitrogen and oxygen atoms in total. The van der Waals surface area contributed by atoms with Crippen molar-refractivity contribution >= 4 is 11.8 Å². The Morgan fingerprint density at radius 3 is 1.14 bits per heavy atom. The first-order valence-electron chi connectivity index (χ1n) is 10.8. The van der Waals surface area contributed by atoms with Crippen molar-refractivity contribution in [2.24, 2.45) is 0 Å². The predicted molar refractivity (Wildman–Crippen MR) is 132 cm³/mol. The average Bonchev–Trinajstić information content (AvgIpc) is 2.87. The Morgan fingerprint density at radius 1 is 0.432 bits per heavy atom. The van der Waals surface area contributed by atoms with E-state index in [-0.39, 0.29) is 0 Å². The topological polar surface area (TPSA) is 0 Å². The predicted octanol–water partition coefficient (Wildman–Crippen LogP) is 8.68. The third kappa shape index (κ3) is 7.00. The lowest BCUT2D eigenvalue weighted by Gasteiger charge is -2.07. The highest BCUT2D eigenvalue weighted by atomic mass is 32.2. The molecule has 0 spiro atoms. The molecule has 184 valence electrons. The lowest BCUT2D eigenvalue weighted by molar-refractivity contribution is -0.138. The van der Waals surface area contributed by atoms with Crippen LogP contribution in [0, 0.1) is 23.7 Å². The van der Waals surface area contributed by atoms with Gasteiger partial charge in [0.15, 0.2) is 0 Å². The van der Waals surface area contributed by atoms with Crippen molar-refractivity contribution in [1.29, 1.82) is 0 Å². The molecule has 0 saturated heterocycles. The molecule has 0 saturated carbocycles. The summed E-state index contributed by atoms with van der Waals surface area (Å²) in [6, 6.07) is 24.0. The minimum Gasteiger partial charge on any atom is -0.166 e. The molecule has 0 unspecified atom stereocenters. The molecule has 37 heavy (non-hydrogen) atoms. The van der Waals surface area contributed by atoms with E-state index in [4.69, 9.17) is 0 Å². The fraction of sp³-hybridized carbons (Fsp3) is 0.0667. The number of hydrogen-bond acceptors (Lipinski definition) is 1. The molecule has 4 aromatic carbocycles. The van der Waals surface area contributed by atoms with Gasteiger partial charge in [0, 0.05) is 32.0 Å². The van der Waals surface area contributed by atoms with Crippen LogP contribution < -0.4 is 0 Å². The van der Waals surface area contributed by atoms with Gasteiger partial charge < -0.3 is 0 Å². The molecule has 0 aromatic heterocycles. The molecule has 0 bridgehead atoms. The number of alkyl halides is 6. The van der Waals surface area contributed by atoms with Crippen LogP contribution in [0.4, 0.5) is 26.3 Å². The van der Waals surface area contributed by atoms with Gasteiger partial charge in [-0.05, 0) is 72.8 Å². The first-order chi connectivity index (χ1) is 17.6. The Kier molecular flexibility index (Phi) is 7.66. The molecule has 0 radical (unpaired) electrons. The second-order valence-electron chi connectivity index (χ2n) is 7.74. The number of rotatable bonds is 2. The third-order valence-corrected chi connectivity index (χ3v) is 6.25. The molecule has 4 aromatic rings. The summed E-state index contributed by atoms with van der Waals surface area (Å²) in [6.07, 6.45) is -8.81. The molecule has 7 heteroatoms. The van der Waals surface area contributed by atoms with Crippen molar-refractivity contribution < 1.29 is 26.3 Å². The maximum Gasteiger partial charge on any atom is 0.416 e. The molecule has 0 atom stereocenters. The van der Waals surface area contributed by atoms with Crippen LogP contribution in [0.1, 0.15) is 33.4 Å². The van der Waals surface area contributed by atoms with Crippen molar-refractivity contribution in [2.75, 3.05) is 0 Å². The molecule has 0 amide bonds. The molecule has 0 heterocycles. The van der Waals surface area contributed by atoms with Crippen molar-refractivity contribution in [3.63, 3.8) is 0 Å². The molecular formula is C30H16F6S. The highest BCUT2D eigenvalue weighted by Gasteiger charge is 2.30. The highest BCUT2D eigenvalue weighted by molar-refractivity contribution is 7.99. The fourth-order valence-corrected chi connectivity index (χ4v) is 4.19. The SMILES string of the molecule is FC(F)(F)c1ccc(C#Cc2ccccc2Sc2ccccc2C#Cc2ccc(C(F)(F)F)cc2)cc1. The summed E-state index contributed by atoms with van der Waals surface area (Å²) in [5.41, 5.74) is 0.827. The van der Waals surface area contributed by atoms with Crippen LogP contribution in [0.25, 0.3) is 0 Å². The number of halogens is 6. The van der Waals surface area contributed by atoms with Crippen LogP contribution in [0.15, 0.2) is 107 Å². The molecule has 0 N–H and O–H groups in total. The van der Waals surface area contributed by atoms with E-state index in [9.17, 15) is 26.3 Å². The summed E-state index contributed by atoms with van der Waals surface area (Å²) in [6.45, 7) is 0. The van der Waals surface area contributed by atoms with E-state index in [1.165, 1.54) is 36.0 Å². The molecule has 0 aliphatic heterocycles. The van der Waals surface area contributed by atoms with Crippen LogP contribution >= 0.6 is 11.8 Å². The van der Waals surface area contributed by atoms with Crippen LogP contribution in [0.3, 0.4) is 0 Å². The van der Waals surface area contributed by atoms with Gasteiger partial charge in [0.05, 0.1) is 11.1 Å². The maximum absolute atomic E-state index is 12.8. The summed E-state index contributed by atoms with van der Waals surface area (Å²) in [5.74, 6) is 11.9. The lowest BCUT2D eigenvalue weighted by Crippen LogP contribution is -2.04. The first kappa shape index (κ1) is 26.0. The van der Waals surface area contributed by atoms with Gasteiger partial charge in [0.1, 0.15) is 0 Å². The average molecular weight is 523 g/mol. The van der Waals surface area contributed by atoms with Gasteiger partial charge in [-0.2, -0.15) is 26.3 Å². The summed E-state index contributed by atoms with van der Waals surface area (Å²) in [7, 11) is 0. The van der Waals surface area contributed by atoms with E-state index < -0.39 is 23.5 Å². The van der Waals surface area contributed by atoms with Gasteiger partial charge in [-0.25, -0.2) is 0 Å². The molecule has 4 rings (SSSR count). The molecule has 0 aliphatic carbocycles. The standard InChI is InChI=1S/C30H16F6S/c31-29(32,33)25-17-11-21(12-18-25)9-15-23-5-1-3-7-27(23)37-28-8-4-2-6-24(28)16-10-22-13-19-26(20-14-22)30(34,35)36/h1-8,11-14,17-20H. The smallest absolute Gasteiger partial charge is 0.166 e. The Bertz CT molecular complexity index is 1390. The zero-order chi connectivity index (χ0) is 26.5. The third-order valence-electron chi connectivity index (χ3n) is 5.10. The minimum atomic E-state index is -4.40. The van der Waals surface area contributed by atoms with E-state index in [0.29, 0.717) is 22.3 Å². The Balaban J connectivity index is 1.57. The fourth-order valence-electron chi connectivity index (χ4n) is 3.20. The van der Waals surface area contributed by atoms with Crippen LogP contribution in [-0.4, -0.2) is 0 Å². The maximum atomic E-state index is 12.8. The summed E-state index contributed by atoms with van der Waals surface area (Å²) < 4.78 is 76.7. The Morgan fingerprint density at radius 2 is 0.784 bits per heavy atom. The number of hydrogen-bond donors (Lipinski definition) is 0. The van der Waals surface area contributed by atoms with Gasteiger partial charge >= 0.3 is 12.4 Å². The summed E-state index contributed by atoms with van der Waals surface area (Å²) in [4.78, 5) is 1.65. The second-order valence-corrected chi connectivity index (χ2v) is 8.83. The van der Waals surface area contributed by atoms with Gasteiger partial charge in [-0.1, -0.05) is 59.7 Å². The number of benzene rings is 4. The zero-order valence-corrected chi connectivity index (χ0v) is 19.7. The van der Waals surface area contributed by atoms with Crippen LogP contribution in [0.2, 0.25) is 0 Å². The minimum absolute atomic E-state index is 0.454. The van der Waals surface area contributed by atoms with E-state index in [2.05, 4.69) is 23.7 Å². The molecule has 0 aliphatic rings. The van der Waals surface area contributed by atoms with E-state index in [1.54, 1.807) is 0 Å². The Labute approximate surface area is 214 Å². The van der Waals surface area contributed by atoms with E-state index in [0.717, 1.165) is 34.1 Å². The quantitative estimate of drug-likeness (QED) is 0.188. The van der Waals surface area contributed by atoms with Crippen molar-refractivity contribution in [3.05, 3.63) is 130 Å². The van der Waals surface area contributed by atoms with Crippen LogP contribution in [0.5, 0.6) is 0 Å². The van der Waals surface area contributed by atoms with Crippen molar-refractivity contribution in [2.45, 2.75) is 22.1 Å². The van der Waals surface area contributed by atoms with Gasteiger partial charge in [-0.3, -0.25) is 0 Å². The molecule has 0 fully saturated rings. The monoisotopic (exact) mass is 522 g/mol. The normalized spacial score (nSPS) is 11.2. The summed E-state index contributed by atoms with van der Waals surface area (Å²) >= 11 is 1.42. The summed E-state index contributed by atoms with van der Waals surface area (Å²) in [5, 5.41) is 0. The van der Waals surface area contributed by atoms with E-state index >= 15 is 0 Å². The van der Waals surface area contributed by atoms with Gasteiger partial charge in [0.2, 0.25) is 0 Å². The van der Waals surface area contributed by atoms with E-state index in [1.807, 2.05) is 48.5 Å². The first-order valence-corrected chi connectivity index (χ1v) is 11.7. The Hall–Kier alpha value is -4.07. The van der Waals surface area contributed by atoms with Crippen molar-refractivity contribution in [3.8, 4) is 23.7 Å².